The largest absolute Gasteiger partial charge is 0.365 e. The molecule has 4 aromatic rings. The highest BCUT2D eigenvalue weighted by Gasteiger charge is 2.20. The molecule has 0 aliphatic heterocycles. The molecule has 0 aromatic carbocycles. The Morgan fingerprint density at radius 3 is 2.75 bits per heavy atom. The standard InChI is InChI=1S/C21H18FN5S/c1-21(2,3)26-20-19(25-18-13-23-11-12-27(18)20)16-10-9-15(28-16)8-7-14-5-4-6-17(22)24-14/h4-6,9-13,26H,1-3H3. The lowest BCUT2D eigenvalue weighted by Crippen LogP contribution is -2.27. The summed E-state index contributed by atoms with van der Waals surface area (Å²) in [5, 5.41) is 3.54. The third-order valence-corrected chi connectivity index (χ3v) is 4.80. The third-order valence-electron chi connectivity index (χ3n) is 3.79. The minimum atomic E-state index is -0.533. The summed E-state index contributed by atoms with van der Waals surface area (Å²) in [4.78, 5) is 14.5. The highest BCUT2D eigenvalue weighted by molar-refractivity contribution is 7.16. The van der Waals surface area contributed by atoms with E-state index in [-0.39, 0.29) is 5.54 Å². The van der Waals surface area contributed by atoms with Crippen molar-refractivity contribution in [2.45, 2.75) is 26.3 Å². The summed E-state index contributed by atoms with van der Waals surface area (Å²) >= 11 is 1.53. The van der Waals surface area contributed by atoms with E-state index < -0.39 is 5.95 Å². The van der Waals surface area contributed by atoms with Gasteiger partial charge in [0.2, 0.25) is 5.95 Å². The molecule has 1 N–H and O–H groups in total. The van der Waals surface area contributed by atoms with Gasteiger partial charge in [-0.1, -0.05) is 6.07 Å². The summed E-state index contributed by atoms with van der Waals surface area (Å²) in [6.45, 7) is 6.32. The molecule has 4 heterocycles. The van der Waals surface area contributed by atoms with Crippen LogP contribution in [-0.4, -0.2) is 24.9 Å². The first-order chi connectivity index (χ1) is 13.4. The Morgan fingerprint density at radius 2 is 1.96 bits per heavy atom. The Labute approximate surface area is 166 Å². The van der Waals surface area contributed by atoms with Crippen LogP contribution in [0.2, 0.25) is 0 Å². The molecule has 4 aromatic heterocycles. The number of thiophene rings is 1. The van der Waals surface area contributed by atoms with Crippen LogP contribution < -0.4 is 5.32 Å². The zero-order valence-corrected chi connectivity index (χ0v) is 16.5. The number of hydrogen-bond donors (Lipinski definition) is 1. The van der Waals surface area contributed by atoms with Gasteiger partial charge in [-0.2, -0.15) is 4.39 Å². The molecule has 0 saturated carbocycles. The van der Waals surface area contributed by atoms with E-state index in [0.29, 0.717) is 5.69 Å². The summed E-state index contributed by atoms with van der Waals surface area (Å²) in [6, 6.07) is 8.52. The Morgan fingerprint density at radius 1 is 1.11 bits per heavy atom. The highest BCUT2D eigenvalue weighted by Crippen LogP contribution is 2.34. The van der Waals surface area contributed by atoms with Crippen molar-refractivity contribution in [3.8, 4) is 22.4 Å². The molecule has 0 radical (unpaired) electrons. The van der Waals surface area contributed by atoms with E-state index in [0.717, 1.165) is 26.9 Å². The van der Waals surface area contributed by atoms with Crippen LogP contribution in [0, 0.1) is 17.8 Å². The van der Waals surface area contributed by atoms with Gasteiger partial charge in [0.1, 0.15) is 17.2 Å². The summed E-state index contributed by atoms with van der Waals surface area (Å²) in [6.07, 6.45) is 5.37. The lowest BCUT2D eigenvalue weighted by atomic mass is 10.1. The second-order valence-corrected chi connectivity index (χ2v) is 8.33. The average molecular weight is 391 g/mol. The van der Waals surface area contributed by atoms with Crippen LogP contribution in [0.5, 0.6) is 0 Å². The Kier molecular flexibility index (Phi) is 4.57. The summed E-state index contributed by atoms with van der Waals surface area (Å²) in [5.41, 5.74) is 1.90. The molecule has 0 bridgehead atoms. The topological polar surface area (TPSA) is 55.1 Å². The Balaban J connectivity index is 1.73. The molecule has 5 nitrogen and oxygen atoms in total. The maximum atomic E-state index is 13.2. The van der Waals surface area contributed by atoms with Crippen molar-refractivity contribution >= 4 is 22.8 Å². The zero-order chi connectivity index (χ0) is 19.7. The van der Waals surface area contributed by atoms with E-state index in [2.05, 4.69) is 47.9 Å². The molecular weight excluding hydrogens is 373 g/mol. The number of anilines is 1. The maximum absolute atomic E-state index is 13.2. The predicted molar refractivity (Wildman–Crippen MR) is 110 cm³/mol. The van der Waals surface area contributed by atoms with Crippen molar-refractivity contribution in [3.05, 3.63) is 65.4 Å². The van der Waals surface area contributed by atoms with Gasteiger partial charge < -0.3 is 5.32 Å². The van der Waals surface area contributed by atoms with Crippen molar-refractivity contribution in [1.29, 1.82) is 0 Å². The number of nitrogens with one attached hydrogen (secondary N) is 1. The summed E-state index contributed by atoms with van der Waals surface area (Å²) in [5.74, 6) is 6.34. The van der Waals surface area contributed by atoms with Crippen molar-refractivity contribution in [2.75, 3.05) is 5.32 Å². The van der Waals surface area contributed by atoms with E-state index in [9.17, 15) is 4.39 Å². The fourth-order valence-corrected chi connectivity index (χ4v) is 3.54. The van der Waals surface area contributed by atoms with Crippen LogP contribution in [0.3, 0.4) is 0 Å². The molecule has 7 heteroatoms. The van der Waals surface area contributed by atoms with E-state index in [4.69, 9.17) is 4.98 Å². The number of fused-ring (bicyclic) bond motifs is 1. The molecule has 0 aliphatic carbocycles. The number of nitrogens with zero attached hydrogens (tertiary/aromatic N) is 4. The van der Waals surface area contributed by atoms with Gasteiger partial charge in [0, 0.05) is 17.9 Å². The first-order valence-corrected chi connectivity index (χ1v) is 9.56. The Bertz CT molecular complexity index is 1210. The quantitative estimate of drug-likeness (QED) is 0.401. The van der Waals surface area contributed by atoms with Crippen LogP contribution in [-0.2, 0) is 0 Å². The molecule has 0 unspecified atom stereocenters. The number of hydrogen-bond acceptors (Lipinski definition) is 5. The molecule has 28 heavy (non-hydrogen) atoms. The molecule has 0 atom stereocenters. The van der Waals surface area contributed by atoms with Gasteiger partial charge >= 0.3 is 0 Å². The van der Waals surface area contributed by atoms with Crippen LogP contribution >= 0.6 is 11.3 Å². The second-order valence-electron chi connectivity index (χ2n) is 7.25. The van der Waals surface area contributed by atoms with Gasteiger partial charge in [0.15, 0.2) is 5.65 Å². The average Bonchev–Trinajstić information content (AvgIpc) is 3.24. The van der Waals surface area contributed by atoms with E-state index >= 15 is 0 Å². The number of aromatic nitrogens is 4. The smallest absolute Gasteiger partial charge is 0.214 e. The minimum Gasteiger partial charge on any atom is -0.365 e. The van der Waals surface area contributed by atoms with Crippen LogP contribution in [0.15, 0.2) is 48.9 Å². The lowest BCUT2D eigenvalue weighted by molar-refractivity contribution is 0.582. The van der Waals surface area contributed by atoms with Crippen molar-refractivity contribution < 1.29 is 4.39 Å². The van der Waals surface area contributed by atoms with Crippen LogP contribution in [0.1, 0.15) is 31.3 Å². The molecule has 0 aliphatic rings. The van der Waals surface area contributed by atoms with Gasteiger partial charge in [0.05, 0.1) is 16.0 Å². The van der Waals surface area contributed by atoms with Gasteiger partial charge in [0.25, 0.3) is 0 Å². The number of imidazole rings is 1. The fourth-order valence-electron chi connectivity index (χ4n) is 2.69. The molecule has 0 amide bonds. The van der Waals surface area contributed by atoms with Crippen molar-refractivity contribution in [1.82, 2.24) is 19.4 Å². The third kappa shape index (κ3) is 3.87. The van der Waals surface area contributed by atoms with E-state index in [1.54, 1.807) is 24.5 Å². The monoisotopic (exact) mass is 391 g/mol. The number of halogens is 1. The first-order valence-electron chi connectivity index (χ1n) is 8.74. The van der Waals surface area contributed by atoms with Gasteiger partial charge in [-0.05, 0) is 56.9 Å². The molecule has 4 rings (SSSR count). The van der Waals surface area contributed by atoms with Gasteiger partial charge in [-0.15, -0.1) is 11.3 Å². The summed E-state index contributed by atoms with van der Waals surface area (Å²) in [7, 11) is 0. The number of pyridine rings is 1. The van der Waals surface area contributed by atoms with Gasteiger partial charge in [-0.3, -0.25) is 9.38 Å². The molecule has 0 fully saturated rings. The SMILES string of the molecule is CC(C)(C)Nc1c(-c2ccc(C#Cc3cccc(F)n3)s2)nc2cnccn12. The molecular formula is C21H18FN5S. The molecule has 0 spiro atoms. The zero-order valence-electron chi connectivity index (χ0n) is 15.7. The predicted octanol–water partition coefficient (Wildman–Crippen LogP) is 4.60. The normalized spacial score (nSPS) is 11.3. The number of rotatable bonds is 2. The van der Waals surface area contributed by atoms with Gasteiger partial charge in [-0.25, -0.2) is 9.97 Å². The lowest BCUT2D eigenvalue weighted by Gasteiger charge is -2.22. The van der Waals surface area contributed by atoms with Crippen LogP contribution in [0.4, 0.5) is 10.2 Å². The maximum Gasteiger partial charge on any atom is 0.214 e. The molecule has 140 valence electrons. The summed E-state index contributed by atoms with van der Waals surface area (Å²) < 4.78 is 15.2. The van der Waals surface area contributed by atoms with Crippen LogP contribution in [0.25, 0.3) is 16.2 Å². The van der Waals surface area contributed by atoms with E-state index in [1.807, 2.05) is 22.7 Å². The van der Waals surface area contributed by atoms with E-state index in [1.165, 1.54) is 17.4 Å². The Hall–Kier alpha value is -3.24. The fraction of sp³-hybridized carbons (Fsp3) is 0.190. The first kappa shape index (κ1) is 18.1. The van der Waals surface area contributed by atoms with Crippen molar-refractivity contribution in [3.63, 3.8) is 0 Å². The highest BCUT2D eigenvalue weighted by atomic mass is 32.1. The second kappa shape index (κ2) is 7.06. The molecule has 0 saturated heterocycles. The minimum absolute atomic E-state index is 0.128. The van der Waals surface area contributed by atoms with Crippen molar-refractivity contribution in [2.24, 2.45) is 0 Å².